The van der Waals surface area contributed by atoms with E-state index in [-0.39, 0.29) is 16.9 Å². The topological polar surface area (TPSA) is 60.4 Å². The van der Waals surface area contributed by atoms with Gasteiger partial charge < -0.3 is 8.83 Å². The minimum Gasteiger partial charge on any atom is -0.451 e. The number of aryl methyl sites for hydroxylation is 1. The average Bonchev–Trinajstić information content (AvgIpc) is 3.16. The number of carbonyl (C=O) groups excluding carboxylic acids is 1. The summed E-state index contributed by atoms with van der Waals surface area (Å²) in [6.07, 6.45) is 0. The maximum Gasteiger partial charge on any atom is 0.348 e. The summed E-state index contributed by atoms with van der Waals surface area (Å²) < 4.78 is 11.6. The van der Waals surface area contributed by atoms with Gasteiger partial charge in [-0.15, -0.1) is 0 Å². The fourth-order valence-electron chi connectivity index (χ4n) is 3.59. The van der Waals surface area contributed by atoms with E-state index in [0.717, 1.165) is 11.1 Å². The smallest absolute Gasteiger partial charge is 0.348 e. The van der Waals surface area contributed by atoms with Crippen LogP contribution in [-0.4, -0.2) is 5.78 Å². The Hall–Kier alpha value is -3.92. The standard InChI is InChI=1S/C25H16O4/c1-15-11-13-16(14-12-15)20-21-23(18-9-5-6-10-19(18)28-25(21)27)29-24(20)22(26)17-7-3-2-4-8-17/h2-14H,1H3. The van der Waals surface area contributed by atoms with Crippen LogP contribution < -0.4 is 5.63 Å². The number of ketones is 1. The van der Waals surface area contributed by atoms with Crippen LogP contribution in [0.15, 0.2) is 92.5 Å². The highest BCUT2D eigenvalue weighted by molar-refractivity contribution is 6.18. The van der Waals surface area contributed by atoms with Gasteiger partial charge in [0.2, 0.25) is 5.78 Å². The Balaban J connectivity index is 1.90. The zero-order valence-electron chi connectivity index (χ0n) is 15.6. The molecule has 0 spiro atoms. The van der Waals surface area contributed by atoms with Gasteiger partial charge in [-0.1, -0.05) is 72.3 Å². The van der Waals surface area contributed by atoms with Gasteiger partial charge in [0.15, 0.2) is 11.3 Å². The third-order valence-corrected chi connectivity index (χ3v) is 5.03. The second-order valence-corrected chi connectivity index (χ2v) is 6.96. The number of fused-ring (bicyclic) bond motifs is 3. The molecule has 0 N–H and O–H groups in total. The molecule has 2 aromatic heterocycles. The first-order chi connectivity index (χ1) is 14.1. The van der Waals surface area contributed by atoms with Crippen molar-refractivity contribution in [2.45, 2.75) is 6.92 Å². The number of furan rings is 1. The Morgan fingerprint density at radius 2 is 1.48 bits per heavy atom. The van der Waals surface area contributed by atoms with Crippen LogP contribution >= 0.6 is 0 Å². The lowest BCUT2D eigenvalue weighted by molar-refractivity contribution is 0.101. The van der Waals surface area contributed by atoms with Crippen molar-refractivity contribution >= 4 is 27.7 Å². The Labute approximate surface area is 166 Å². The Kier molecular flexibility index (Phi) is 3.91. The maximum atomic E-state index is 13.3. The van der Waals surface area contributed by atoms with Crippen LogP contribution in [0.4, 0.5) is 0 Å². The molecule has 0 aliphatic carbocycles. The Morgan fingerprint density at radius 3 is 2.24 bits per heavy atom. The SMILES string of the molecule is Cc1ccc(-c2c(C(=O)c3ccccc3)oc3c2c(=O)oc2ccccc23)cc1. The molecule has 0 amide bonds. The van der Waals surface area contributed by atoms with Crippen LogP contribution in [0.3, 0.4) is 0 Å². The van der Waals surface area contributed by atoms with Crippen LogP contribution in [0.2, 0.25) is 0 Å². The molecule has 0 radical (unpaired) electrons. The van der Waals surface area contributed by atoms with Crippen LogP contribution in [0, 0.1) is 6.92 Å². The molecule has 4 heteroatoms. The summed E-state index contributed by atoms with van der Waals surface area (Å²) in [5, 5.41) is 0.939. The van der Waals surface area contributed by atoms with Crippen molar-refractivity contribution in [1.82, 2.24) is 0 Å². The van der Waals surface area contributed by atoms with Gasteiger partial charge in [-0.3, -0.25) is 4.79 Å². The summed E-state index contributed by atoms with van der Waals surface area (Å²) in [6, 6.07) is 23.7. The van der Waals surface area contributed by atoms with E-state index in [1.165, 1.54) is 0 Å². The van der Waals surface area contributed by atoms with Gasteiger partial charge in [-0.25, -0.2) is 4.79 Å². The zero-order chi connectivity index (χ0) is 20.0. The number of benzene rings is 3. The molecule has 5 aromatic rings. The molecule has 0 aliphatic rings. The Bertz CT molecular complexity index is 1420. The lowest BCUT2D eigenvalue weighted by Crippen LogP contribution is -2.03. The number of carbonyl (C=O) groups is 1. The number of hydrogen-bond acceptors (Lipinski definition) is 4. The van der Waals surface area contributed by atoms with E-state index in [0.29, 0.717) is 27.7 Å². The highest BCUT2D eigenvalue weighted by Crippen LogP contribution is 2.37. The van der Waals surface area contributed by atoms with Crippen molar-refractivity contribution in [1.29, 1.82) is 0 Å². The van der Waals surface area contributed by atoms with E-state index in [1.54, 1.807) is 36.4 Å². The van der Waals surface area contributed by atoms with Crippen molar-refractivity contribution in [3.63, 3.8) is 0 Å². The van der Waals surface area contributed by atoms with Crippen molar-refractivity contribution in [2.24, 2.45) is 0 Å². The molecule has 0 unspecified atom stereocenters. The van der Waals surface area contributed by atoms with E-state index in [2.05, 4.69) is 0 Å². The molecular weight excluding hydrogens is 364 g/mol. The van der Waals surface area contributed by atoms with Gasteiger partial charge in [-0.05, 0) is 24.6 Å². The molecule has 0 aliphatic heterocycles. The number of para-hydroxylation sites is 1. The van der Waals surface area contributed by atoms with Gasteiger partial charge in [-0.2, -0.15) is 0 Å². The molecule has 0 saturated carbocycles. The van der Waals surface area contributed by atoms with E-state index in [9.17, 15) is 9.59 Å². The van der Waals surface area contributed by atoms with E-state index >= 15 is 0 Å². The monoisotopic (exact) mass is 380 g/mol. The summed E-state index contributed by atoms with van der Waals surface area (Å²) >= 11 is 0. The molecule has 29 heavy (non-hydrogen) atoms. The van der Waals surface area contributed by atoms with E-state index in [4.69, 9.17) is 8.83 Å². The average molecular weight is 380 g/mol. The molecule has 0 atom stereocenters. The molecular formula is C25H16O4. The fourth-order valence-corrected chi connectivity index (χ4v) is 3.59. The van der Waals surface area contributed by atoms with E-state index < -0.39 is 5.63 Å². The molecule has 0 fully saturated rings. The molecule has 3 aromatic carbocycles. The summed E-state index contributed by atoms with van der Waals surface area (Å²) in [7, 11) is 0. The predicted molar refractivity (Wildman–Crippen MR) is 112 cm³/mol. The minimum absolute atomic E-state index is 0.138. The van der Waals surface area contributed by atoms with Gasteiger partial charge >= 0.3 is 5.63 Å². The van der Waals surface area contributed by atoms with Crippen molar-refractivity contribution in [2.75, 3.05) is 0 Å². The number of hydrogen-bond donors (Lipinski definition) is 0. The molecule has 4 nitrogen and oxygen atoms in total. The van der Waals surface area contributed by atoms with Crippen LogP contribution in [0.5, 0.6) is 0 Å². The first kappa shape index (κ1) is 17.2. The maximum absolute atomic E-state index is 13.3. The summed E-state index contributed by atoms with van der Waals surface area (Å²) in [6.45, 7) is 1.98. The Morgan fingerprint density at radius 1 is 0.793 bits per heavy atom. The van der Waals surface area contributed by atoms with Crippen LogP contribution in [-0.2, 0) is 0 Å². The van der Waals surface area contributed by atoms with Gasteiger partial charge in [0, 0.05) is 11.1 Å². The van der Waals surface area contributed by atoms with Crippen molar-refractivity contribution < 1.29 is 13.6 Å². The second-order valence-electron chi connectivity index (χ2n) is 6.96. The lowest BCUT2D eigenvalue weighted by Gasteiger charge is -2.04. The fraction of sp³-hybridized carbons (Fsp3) is 0.0400. The van der Waals surface area contributed by atoms with Gasteiger partial charge in [0.05, 0.1) is 5.39 Å². The van der Waals surface area contributed by atoms with Gasteiger partial charge in [0.25, 0.3) is 0 Å². The molecule has 0 bridgehead atoms. The largest absolute Gasteiger partial charge is 0.451 e. The van der Waals surface area contributed by atoms with Crippen molar-refractivity contribution in [3.05, 3.63) is 106 Å². The predicted octanol–water partition coefficient (Wildman–Crippen LogP) is 5.75. The first-order valence-corrected chi connectivity index (χ1v) is 9.28. The summed E-state index contributed by atoms with van der Waals surface area (Å²) in [5.74, 6) is -0.139. The third-order valence-electron chi connectivity index (χ3n) is 5.03. The minimum atomic E-state index is -0.523. The molecule has 5 rings (SSSR count). The second kappa shape index (κ2) is 6.60. The quantitative estimate of drug-likeness (QED) is 0.295. The van der Waals surface area contributed by atoms with Crippen LogP contribution in [0.1, 0.15) is 21.7 Å². The highest BCUT2D eigenvalue weighted by atomic mass is 16.4. The van der Waals surface area contributed by atoms with E-state index in [1.807, 2.05) is 49.4 Å². The molecule has 140 valence electrons. The molecule has 2 heterocycles. The highest BCUT2D eigenvalue weighted by Gasteiger charge is 2.27. The normalized spacial score (nSPS) is 11.2. The summed E-state index contributed by atoms with van der Waals surface area (Å²) in [5.41, 5.74) is 3.04. The zero-order valence-corrected chi connectivity index (χ0v) is 15.6. The summed E-state index contributed by atoms with van der Waals surface area (Å²) in [4.78, 5) is 26.2. The number of rotatable bonds is 3. The molecule has 0 saturated heterocycles. The third kappa shape index (κ3) is 2.77. The lowest BCUT2D eigenvalue weighted by atomic mass is 9.97. The first-order valence-electron chi connectivity index (χ1n) is 9.28. The van der Waals surface area contributed by atoms with Crippen LogP contribution in [0.25, 0.3) is 33.1 Å². The van der Waals surface area contributed by atoms with Gasteiger partial charge in [0.1, 0.15) is 11.0 Å². The van der Waals surface area contributed by atoms with Crippen molar-refractivity contribution in [3.8, 4) is 11.1 Å².